The first-order valence-corrected chi connectivity index (χ1v) is 12.5. The minimum Gasteiger partial charge on any atom is -0.482 e. The number of sulfonamides is 1. The van der Waals surface area contributed by atoms with E-state index in [0.29, 0.717) is 49.5 Å². The molecule has 0 aromatic heterocycles. The van der Waals surface area contributed by atoms with E-state index in [1.807, 2.05) is 0 Å². The number of fused-ring (bicyclic) bond motifs is 1. The third-order valence-corrected chi connectivity index (χ3v) is 8.18. The van der Waals surface area contributed by atoms with Crippen molar-refractivity contribution in [3.8, 4) is 5.75 Å². The van der Waals surface area contributed by atoms with Crippen LogP contribution >= 0.6 is 0 Å². The van der Waals surface area contributed by atoms with Crippen LogP contribution in [0.3, 0.4) is 0 Å². The molecule has 31 heavy (non-hydrogen) atoms. The Morgan fingerprint density at radius 2 is 1.77 bits per heavy atom. The predicted octanol–water partition coefficient (Wildman–Crippen LogP) is 2.09. The molecule has 0 spiro atoms. The molecule has 2 saturated heterocycles. The molecule has 8 nitrogen and oxygen atoms in total. The molecule has 1 aromatic carbocycles. The molecule has 0 bridgehead atoms. The van der Waals surface area contributed by atoms with Crippen LogP contribution in [0.25, 0.3) is 0 Å². The Morgan fingerprint density at radius 3 is 2.45 bits per heavy atom. The van der Waals surface area contributed by atoms with Gasteiger partial charge in [-0.15, -0.1) is 0 Å². The van der Waals surface area contributed by atoms with Crippen LogP contribution in [0.4, 0.5) is 5.69 Å². The summed E-state index contributed by atoms with van der Waals surface area (Å²) in [5.74, 6) is 0.547. The van der Waals surface area contributed by atoms with Gasteiger partial charge in [0.25, 0.3) is 5.91 Å². The van der Waals surface area contributed by atoms with Crippen molar-refractivity contribution in [1.29, 1.82) is 0 Å². The fourth-order valence-corrected chi connectivity index (χ4v) is 6.55. The van der Waals surface area contributed by atoms with Gasteiger partial charge >= 0.3 is 0 Å². The highest BCUT2D eigenvalue weighted by Gasteiger charge is 2.34. The first kappa shape index (κ1) is 22.1. The van der Waals surface area contributed by atoms with Crippen LogP contribution in [0.5, 0.6) is 5.75 Å². The van der Waals surface area contributed by atoms with E-state index in [2.05, 4.69) is 13.8 Å². The Labute approximate surface area is 184 Å². The van der Waals surface area contributed by atoms with Crippen molar-refractivity contribution in [1.82, 2.24) is 9.21 Å². The maximum atomic E-state index is 13.3. The topological polar surface area (TPSA) is 87.2 Å². The van der Waals surface area contributed by atoms with Crippen molar-refractivity contribution < 1.29 is 22.7 Å². The van der Waals surface area contributed by atoms with Crippen molar-refractivity contribution in [2.45, 2.75) is 44.4 Å². The zero-order valence-corrected chi connectivity index (χ0v) is 19.1. The van der Waals surface area contributed by atoms with Crippen LogP contribution in [0.2, 0.25) is 0 Å². The van der Waals surface area contributed by atoms with Crippen LogP contribution in [-0.2, 0) is 19.6 Å². The molecule has 3 heterocycles. The summed E-state index contributed by atoms with van der Waals surface area (Å²) in [4.78, 5) is 28.7. The summed E-state index contributed by atoms with van der Waals surface area (Å²) in [6.07, 6.45) is 4.05. The lowest BCUT2D eigenvalue weighted by Gasteiger charge is -2.35. The molecule has 1 aromatic rings. The average molecular weight is 450 g/mol. The second-order valence-corrected chi connectivity index (χ2v) is 11.0. The Morgan fingerprint density at radius 1 is 1.10 bits per heavy atom. The molecule has 0 radical (unpaired) electrons. The van der Waals surface area contributed by atoms with E-state index in [1.165, 1.54) is 21.3 Å². The minimum atomic E-state index is -3.71. The van der Waals surface area contributed by atoms with Gasteiger partial charge < -0.3 is 9.64 Å². The molecule has 2 atom stereocenters. The van der Waals surface area contributed by atoms with Crippen molar-refractivity contribution >= 4 is 27.5 Å². The summed E-state index contributed by atoms with van der Waals surface area (Å²) in [6.45, 7) is 6.22. The van der Waals surface area contributed by atoms with Gasteiger partial charge in [0.1, 0.15) is 12.3 Å². The molecule has 0 saturated carbocycles. The molecule has 2 amide bonds. The van der Waals surface area contributed by atoms with Crippen molar-refractivity contribution in [2.75, 3.05) is 44.2 Å². The number of carbonyl (C=O) groups excluding carboxylic acids is 2. The highest BCUT2D eigenvalue weighted by atomic mass is 32.2. The molecule has 170 valence electrons. The largest absolute Gasteiger partial charge is 0.482 e. The van der Waals surface area contributed by atoms with Crippen molar-refractivity contribution in [3.63, 3.8) is 0 Å². The van der Waals surface area contributed by atoms with Crippen molar-refractivity contribution in [2.24, 2.45) is 11.8 Å². The fraction of sp³-hybridized carbons (Fsp3) is 0.636. The molecular formula is C22H31N3O5S. The van der Waals surface area contributed by atoms with E-state index < -0.39 is 10.0 Å². The van der Waals surface area contributed by atoms with Gasteiger partial charge in [0.2, 0.25) is 15.9 Å². The smallest absolute Gasteiger partial charge is 0.265 e. The number of nitrogens with zero attached hydrogens (tertiary/aromatic N) is 3. The lowest BCUT2D eigenvalue weighted by Crippen LogP contribution is -2.47. The van der Waals surface area contributed by atoms with Gasteiger partial charge in [-0.25, -0.2) is 8.42 Å². The number of rotatable bonds is 4. The second-order valence-electron chi connectivity index (χ2n) is 9.11. The monoisotopic (exact) mass is 449 g/mol. The van der Waals surface area contributed by atoms with Gasteiger partial charge in [0.05, 0.1) is 10.6 Å². The molecular weight excluding hydrogens is 418 g/mol. The number of ether oxygens (including phenoxy) is 1. The number of benzene rings is 1. The summed E-state index contributed by atoms with van der Waals surface area (Å²) in [5.41, 5.74) is 0.348. The number of hydrogen-bond donors (Lipinski definition) is 0. The Bertz CT molecular complexity index is 948. The molecule has 3 aliphatic rings. The zero-order chi connectivity index (χ0) is 22.2. The number of amides is 2. The summed E-state index contributed by atoms with van der Waals surface area (Å²) >= 11 is 0. The third kappa shape index (κ3) is 4.57. The Balaban J connectivity index is 1.61. The maximum Gasteiger partial charge on any atom is 0.265 e. The maximum absolute atomic E-state index is 13.3. The molecule has 3 aliphatic heterocycles. The highest BCUT2D eigenvalue weighted by Crippen LogP contribution is 2.36. The van der Waals surface area contributed by atoms with Gasteiger partial charge in [-0.2, -0.15) is 4.31 Å². The molecule has 4 rings (SSSR count). The zero-order valence-electron chi connectivity index (χ0n) is 18.2. The van der Waals surface area contributed by atoms with E-state index in [9.17, 15) is 18.0 Å². The molecule has 2 fully saturated rings. The lowest BCUT2D eigenvalue weighted by molar-refractivity contribution is -0.132. The van der Waals surface area contributed by atoms with Crippen LogP contribution in [0.1, 0.15) is 39.5 Å². The standard InChI is InChI=1S/C22H31N3O5S/c1-16-10-17(2)13-24(12-16)31(28,29)18-6-7-20-19(11-18)25(22(27)15-30-20)14-21(26)23-8-4-3-5-9-23/h6-7,11,16-17H,3-5,8-10,12-15H2,1-2H3/t16-,17-/m0/s1. The first-order valence-electron chi connectivity index (χ1n) is 11.1. The van der Waals surface area contributed by atoms with Gasteiger partial charge in [-0.3, -0.25) is 14.5 Å². The van der Waals surface area contributed by atoms with Gasteiger partial charge in [-0.05, 0) is 55.7 Å². The van der Waals surface area contributed by atoms with Crippen LogP contribution in [0.15, 0.2) is 23.1 Å². The third-order valence-electron chi connectivity index (χ3n) is 6.35. The number of carbonyl (C=O) groups is 2. The van der Waals surface area contributed by atoms with E-state index in [-0.39, 0.29) is 29.9 Å². The summed E-state index contributed by atoms with van der Waals surface area (Å²) < 4.78 is 33.7. The summed E-state index contributed by atoms with van der Waals surface area (Å²) in [5, 5.41) is 0. The van der Waals surface area contributed by atoms with E-state index in [4.69, 9.17) is 4.74 Å². The summed E-state index contributed by atoms with van der Waals surface area (Å²) in [7, 11) is -3.71. The van der Waals surface area contributed by atoms with Gasteiger partial charge in [0.15, 0.2) is 6.61 Å². The predicted molar refractivity (Wildman–Crippen MR) is 116 cm³/mol. The van der Waals surface area contributed by atoms with Gasteiger partial charge in [-0.1, -0.05) is 13.8 Å². The lowest BCUT2D eigenvalue weighted by atomic mass is 9.94. The quantitative estimate of drug-likeness (QED) is 0.703. The first-order chi connectivity index (χ1) is 14.8. The highest BCUT2D eigenvalue weighted by molar-refractivity contribution is 7.89. The van der Waals surface area contributed by atoms with E-state index in [1.54, 1.807) is 11.0 Å². The number of likely N-dealkylation sites (tertiary alicyclic amines) is 1. The van der Waals surface area contributed by atoms with Gasteiger partial charge in [0, 0.05) is 26.2 Å². The van der Waals surface area contributed by atoms with E-state index >= 15 is 0 Å². The molecule has 0 aliphatic carbocycles. The Hall–Kier alpha value is -2.13. The van der Waals surface area contributed by atoms with Crippen molar-refractivity contribution in [3.05, 3.63) is 18.2 Å². The molecule has 0 unspecified atom stereocenters. The average Bonchev–Trinajstić information content (AvgIpc) is 2.75. The summed E-state index contributed by atoms with van der Waals surface area (Å²) in [6, 6.07) is 4.59. The number of anilines is 1. The molecule has 0 N–H and O–H groups in total. The minimum absolute atomic E-state index is 0.101. The number of piperidine rings is 2. The van der Waals surface area contributed by atoms with Crippen LogP contribution < -0.4 is 9.64 Å². The fourth-order valence-electron chi connectivity index (χ4n) is 4.85. The number of hydrogen-bond acceptors (Lipinski definition) is 5. The van der Waals surface area contributed by atoms with Crippen LogP contribution in [-0.4, -0.2) is 68.8 Å². The normalized spacial score (nSPS) is 25.2. The SMILES string of the molecule is C[C@H]1C[C@H](C)CN(S(=O)(=O)c2ccc3c(c2)N(CC(=O)N2CCCCC2)C(=O)CO3)C1. The van der Waals surface area contributed by atoms with E-state index in [0.717, 1.165) is 25.7 Å². The van der Waals surface area contributed by atoms with Crippen LogP contribution in [0, 0.1) is 11.8 Å². The molecule has 9 heteroatoms. The second kappa shape index (κ2) is 8.78. The Kier molecular flexibility index (Phi) is 6.25.